The number of thiocarbonyl (C=S) groups is 1. The number of benzene rings is 2. The van der Waals surface area contributed by atoms with Crippen LogP contribution < -0.4 is 20.9 Å². The van der Waals surface area contributed by atoms with Gasteiger partial charge in [0.2, 0.25) is 0 Å². The fraction of sp³-hybridized carbons (Fsp3) is 0.118. The van der Waals surface area contributed by atoms with Crippen molar-refractivity contribution in [3.63, 3.8) is 0 Å². The molecule has 0 bridgehead atoms. The molecule has 0 aliphatic heterocycles. The normalized spacial score (nSPS) is 11.2. The van der Waals surface area contributed by atoms with Crippen LogP contribution in [-0.4, -0.2) is 23.0 Å². The zero-order chi connectivity index (χ0) is 19.1. The van der Waals surface area contributed by atoms with Gasteiger partial charge in [0, 0.05) is 10.6 Å². The number of ether oxygens (including phenoxy) is 1. The summed E-state index contributed by atoms with van der Waals surface area (Å²) < 4.78 is 5.47. The second kappa shape index (κ2) is 9.38. The molecule has 0 spiro atoms. The fourth-order valence-corrected chi connectivity index (χ4v) is 2.43. The molecule has 2 rings (SSSR count). The number of carbonyl (C=O) groups excluding carboxylic acids is 2. The predicted octanol–water partition coefficient (Wildman–Crippen LogP) is 3.10. The maximum Gasteiger partial charge on any atom is 0.279 e. The number of nitrogens with one attached hydrogen (secondary N) is 3. The lowest BCUT2D eigenvalue weighted by Gasteiger charge is -2.17. The third-order valence-corrected chi connectivity index (χ3v) is 3.86. The molecule has 0 fully saturated rings. The van der Waals surface area contributed by atoms with Gasteiger partial charge in [0.1, 0.15) is 5.75 Å². The van der Waals surface area contributed by atoms with E-state index >= 15 is 0 Å². The summed E-state index contributed by atoms with van der Waals surface area (Å²) in [6.07, 6.45) is -0.867. The molecule has 1 atom stereocenters. The van der Waals surface area contributed by atoms with Gasteiger partial charge in [0.05, 0.1) is 5.02 Å². The first-order chi connectivity index (χ1) is 12.4. The Morgan fingerprint density at radius 2 is 1.77 bits per heavy atom. The van der Waals surface area contributed by atoms with Gasteiger partial charge in [0.25, 0.3) is 11.8 Å². The van der Waals surface area contributed by atoms with Gasteiger partial charge in [-0.2, -0.15) is 0 Å². The van der Waals surface area contributed by atoms with Crippen LogP contribution in [0.3, 0.4) is 0 Å². The van der Waals surface area contributed by atoms with Crippen molar-refractivity contribution in [2.24, 2.45) is 0 Å². The monoisotopic (exact) mass is 411 g/mol. The van der Waals surface area contributed by atoms with Gasteiger partial charge in [-0.25, -0.2) is 0 Å². The maximum absolute atomic E-state index is 12.0. The smallest absolute Gasteiger partial charge is 0.279 e. The summed E-state index contributed by atoms with van der Waals surface area (Å²) >= 11 is 16.8. The van der Waals surface area contributed by atoms with E-state index in [4.69, 9.17) is 40.2 Å². The quantitative estimate of drug-likeness (QED) is 0.531. The van der Waals surface area contributed by atoms with Crippen LogP contribution in [0.5, 0.6) is 5.75 Å². The molecule has 0 aliphatic rings. The van der Waals surface area contributed by atoms with Gasteiger partial charge in [0.15, 0.2) is 11.2 Å². The first-order valence-electron chi connectivity index (χ1n) is 7.44. The number of hydrazine groups is 1. The standard InChI is InChI=1S/C17H15Cl2N3O3S/c1-10(25-14-8-7-12(18)9-13(14)19)15(23)21-22-17(26)20-16(24)11-5-3-2-4-6-11/h2-10H,1H3,(H,21,23)(H2,20,22,24,26)/t10-/m1/s1. The molecule has 3 N–H and O–H groups in total. The van der Waals surface area contributed by atoms with Crippen LogP contribution in [0.4, 0.5) is 0 Å². The Hall–Kier alpha value is -2.35. The summed E-state index contributed by atoms with van der Waals surface area (Å²) in [5.41, 5.74) is 5.23. The Morgan fingerprint density at radius 1 is 1.08 bits per heavy atom. The Kier molecular flexibility index (Phi) is 7.20. The van der Waals surface area contributed by atoms with Gasteiger partial charge in [-0.1, -0.05) is 41.4 Å². The first kappa shape index (κ1) is 20.0. The van der Waals surface area contributed by atoms with Crippen molar-refractivity contribution in [2.45, 2.75) is 13.0 Å². The van der Waals surface area contributed by atoms with Crippen molar-refractivity contribution < 1.29 is 14.3 Å². The van der Waals surface area contributed by atoms with Gasteiger partial charge in [-0.15, -0.1) is 0 Å². The van der Waals surface area contributed by atoms with Gasteiger partial charge >= 0.3 is 0 Å². The lowest BCUT2D eigenvalue weighted by molar-refractivity contribution is -0.127. The highest BCUT2D eigenvalue weighted by Crippen LogP contribution is 2.28. The highest BCUT2D eigenvalue weighted by molar-refractivity contribution is 7.80. The summed E-state index contributed by atoms with van der Waals surface area (Å²) in [6.45, 7) is 1.54. The average molecular weight is 412 g/mol. The molecular formula is C17H15Cl2N3O3S. The minimum absolute atomic E-state index is 0.0519. The van der Waals surface area contributed by atoms with E-state index in [0.29, 0.717) is 16.3 Å². The molecule has 0 unspecified atom stereocenters. The third-order valence-electron chi connectivity index (χ3n) is 3.13. The van der Waals surface area contributed by atoms with E-state index in [1.807, 2.05) is 0 Å². The van der Waals surface area contributed by atoms with Crippen molar-refractivity contribution in [2.75, 3.05) is 0 Å². The number of hydrogen-bond acceptors (Lipinski definition) is 4. The second-order valence-electron chi connectivity index (χ2n) is 5.10. The Bertz CT molecular complexity index is 818. The van der Waals surface area contributed by atoms with Crippen LogP contribution in [0.15, 0.2) is 48.5 Å². The fourth-order valence-electron chi connectivity index (χ4n) is 1.83. The van der Waals surface area contributed by atoms with Crippen molar-refractivity contribution in [3.05, 3.63) is 64.1 Å². The van der Waals surface area contributed by atoms with E-state index in [1.54, 1.807) is 42.5 Å². The summed E-state index contributed by atoms with van der Waals surface area (Å²) in [5, 5.41) is 3.14. The molecule has 2 aromatic rings. The van der Waals surface area contributed by atoms with Crippen molar-refractivity contribution in [3.8, 4) is 5.75 Å². The molecule has 2 amide bonds. The highest BCUT2D eigenvalue weighted by atomic mass is 35.5. The number of hydrogen-bond donors (Lipinski definition) is 3. The molecule has 0 saturated carbocycles. The summed E-state index contributed by atoms with van der Waals surface area (Å²) in [6, 6.07) is 13.2. The van der Waals surface area contributed by atoms with E-state index < -0.39 is 17.9 Å². The summed E-state index contributed by atoms with van der Waals surface area (Å²) in [4.78, 5) is 24.0. The molecule has 0 radical (unpaired) electrons. The van der Waals surface area contributed by atoms with Crippen LogP contribution in [-0.2, 0) is 4.79 Å². The SMILES string of the molecule is C[C@@H](Oc1ccc(Cl)cc1Cl)C(=O)NNC(=S)NC(=O)c1ccccc1. The third kappa shape index (κ3) is 5.87. The molecule has 26 heavy (non-hydrogen) atoms. The molecule has 0 heterocycles. The second-order valence-corrected chi connectivity index (χ2v) is 6.35. The van der Waals surface area contributed by atoms with E-state index in [9.17, 15) is 9.59 Å². The average Bonchev–Trinajstić information content (AvgIpc) is 2.62. The molecule has 0 aliphatic carbocycles. The summed E-state index contributed by atoms with van der Waals surface area (Å²) in [7, 11) is 0. The van der Waals surface area contributed by atoms with Crippen LogP contribution in [0.2, 0.25) is 10.0 Å². The molecule has 6 nitrogen and oxygen atoms in total. The topological polar surface area (TPSA) is 79.5 Å². The Labute approximate surface area is 165 Å². The molecule has 0 saturated heterocycles. The molecule has 0 aromatic heterocycles. The van der Waals surface area contributed by atoms with E-state index in [2.05, 4.69) is 16.2 Å². The minimum Gasteiger partial charge on any atom is -0.479 e. The van der Waals surface area contributed by atoms with E-state index in [0.717, 1.165) is 0 Å². The van der Waals surface area contributed by atoms with Crippen LogP contribution in [0.25, 0.3) is 0 Å². The van der Waals surface area contributed by atoms with Gasteiger partial charge < -0.3 is 4.74 Å². The lowest BCUT2D eigenvalue weighted by Crippen LogP contribution is -2.51. The maximum atomic E-state index is 12.0. The number of amides is 2. The van der Waals surface area contributed by atoms with Crippen LogP contribution in [0.1, 0.15) is 17.3 Å². The zero-order valence-corrected chi connectivity index (χ0v) is 15.9. The van der Waals surface area contributed by atoms with Gasteiger partial charge in [-0.3, -0.25) is 25.8 Å². The Balaban J connectivity index is 1.81. The molecular weight excluding hydrogens is 397 g/mol. The number of carbonyl (C=O) groups is 2. The van der Waals surface area contributed by atoms with Crippen molar-refractivity contribution in [1.82, 2.24) is 16.2 Å². The largest absolute Gasteiger partial charge is 0.479 e. The Morgan fingerprint density at radius 3 is 2.42 bits per heavy atom. The molecule has 9 heteroatoms. The number of rotatable bonds is 4. The predicted molar refractivity (Wildman–Crippen MR) is 104 cm³/mol. The van der Waals surface area contributed by atoms with E-state index in [-0.39, 0.29) is 10.1 Å². The minimum atomic E-state index is -0.867. The van der Waals surface area contributed by atoms with Crippen LogP contribution >= 0.6 is 35.4 Å². The van der Waals surface area contributed by atoms with Gasteiger partial charge in [-0.05, 0) is 49.5 Å². The van der Waals surface area contributed by atoms with Crippen LogP contribution in [0, 0.1) is 0 Å². The molecule has 136 valence electrons. The summed E-state index contributed by atoms with van der Waals surface area (Å²) in [5.74, 6) is -0.583. The van der Waals surface area contributed by atoms with Crippen molar-refractivity contribution in [1.29, 1.82) is 0 Å². The van der Waals surface area contributed by atoms with E-state index in [1.165, 1.54) is 13.0 Å². The lowest BCUT2D eigenvalue weighted by atomic mass is 10.2. The highest BCUT2D eigenvalue weighted by Gasteiger charge is 2.17. The zero-order valence-electron chi connectivity index (χ0n) is 13.6. The number of halogens is 2. The first-order valence-corrected chi connectivity index (χ1v) is 8.61. The molecule has 2 aromatic carbocycles. The van der Waals surface area contributed by atoms with Crippen molar-refractivity contribution >= 4 is 52.3 Å².